The molecule has 0 saturated heterocycles. The Morgan fingerprint density at radius 3 is 2.62 bits per heavy atom. The van der Waals surface area contributed by atoms with E-state index in [1.807, 2.05) is 0 Å². The van der Waals surface area contributed by atoms with Crippen molar-refractivity contribution in [1.29, 1.82) is 5.26 Å². The first-order chi connectivity index (χ1) is 12.2. The summed E-state index contributed by atoms with van der Waals surface area (Å²) >= 11 is 0. The second-order valence-corrected chi connectivity index (χ2v) is 9.11. The summed E-state index contributed by atoms with van der Waals surface area (Å²) in [7, 11) is 0. The van der Waals surface area contributed by atoms with Gasteiger partial charge in [-0.2, -0.15) is 5.26 Å². The molecule has 0 aromatic rings. The molecule has 0 aliphatic heterocycles. The molecule has 3 aliphatic carbocycles. The van der Waals surface area contributed by atoms with Crippen LogP contribution in [0, 0.1) is 39.9 Å². The molecule has 0 spiro atoms. The molecule has 1 unspecified atom stereocenters. The van der Waals surface area contributed by atoms with Crippen LogP contribution in [0.1, 0.15) is 72.6 Å². The zero-order valence-corrected chi connectivity index (χ0v) is 16.5. The molecule has 0 aromatic carbocycles. The number of carbonyl (C=O) groups is 2. The normalized spacial score (nSPS) is 41.9. The smallest absolute Gasteiger partial charge is 0.302 e. The average Bonchev–Trinajstić information content (AvgIpc) is 2.57. The summed E-state index contributed by atoms with van der Waals surface area (Å²) in [6, 6.07) is 2.36. The van der Waals surface area contributed by atoms with E-state index >= 15 is 0 Å². The van der Waals surface area contributed by atoms with E-state index in [0.717, 1.165) is 38.5 Å². The number of ketones is 1. The Labute approximate surface area is 157 Å². The lowest BCUT2D eigenvalue weighted by Gasteiger charge is -2.57. The van der Waals surface area contributed by atoms with Gasteiger partial charge in [0.05, 0.1) is 6.07 Å². The number of nitriles is 1. The van der Waals surface area contributed by atoms with E-state index in [-0.39, 0.29) is 34.6 Å². The molecule has 2 fully saturated rings. The van der Waals surface area contributed by atoms with E-state index in [1.165, 1.54) is 12.5 Å². The Hall–Kier alpha value is -1.63. The number of allylic oxidation sites excluding steroid dienone is 1. The number of hydrogen-bond donors (Lipinski definition) is 0. The molecule has 0 N–H and O–H groups in total. The van der Waals surface area contributed by atoms with Crippen molar-refractivity contribution in [3.05, 3.63) is 11.6 Å². The van der Waals surface area contributed by atoms with Crippen LogP contribution in [0.2, 0.25) is 0 Å². The van der Waals surface area contributed by atoms with Crippen molar-refractivity contribution in [2.45, 2.75) is 78.7 Å². The lowest BCUT2D eigenvalue weighted by Crippen LogP contribution is -2.52. The zero-order chi connectivity index (χ0) is 19.1. The van der Waals surface area contributed by atoms with Gasteiger partial charge in [-0.3, -0.25) is 9.59 Å². The van der Waals surface area contributed by atoms with Crippen LogP contribution in [-0.2, 0) is 14.3 Å². The Balaban J connectivity index is 1.89. The SMILES string of the molecule is CC(=O)O[C@H]1CC[C@@]2(C)C(=CC[C@H]3C(CC#N)[C@@](C)(C(C)=O)CC[C@@H]32)C1. The van der Waals surface area contributed by atoms with E-state index in [9.17, 15) is 14.9 Å². The van der Waals surface area contributed by atoms with Gasteiger partial charge in [-0.15, -0.1) is 0 Å². The fourth-order valence-corrected chi connectivity index (χ4v) is 6.19. The van der Waals surface area contributed by atoms with Crippen molar-refractivity contribution < 1.29 is 14.3 Å². The summed E-state index contributed by atoms with van der Waals surface area (Å²) < 4.78 is 5.48. The predicted molar refractivity (Wildman–Crippen MR) is 98.9 cm³/mol. The van der Waals surface area contributed by atoms with Crippen molar-refractivity contribution in [3.63, 3.8) is 0 Å². The standard InChI is InChI=1S/C22H31NO3/c1-14(24)21(3)11-8-19-18(20(21)9-12-23)6-5-16-13-17(26-15(2)25)7-10-22(16,19)4/h5,17-20H,6-11,13H2,1-4H3/t17-,18+,19-,20?,21+,22-/m0/s1. The van der Waals surface area contributed by atoms with Gasteiger partial charge in [0.25, 0.3) is 0 Å². The molecule has 0 aromatic heterocycles. The van der Waals surface area contributed by atoms with Gasteiger partial charge in [-0.05, 0) is 62.2 Å². The van der Waals surface area contributed by atoms with Gasteiger partial charge in [0, 0.05) is 25.2 Å². The predicted octanol–water partition coefficient (Wildman–Crippen LogP) is 4.59. The zero-order valence-electron chi connectivity index (χ0n) is 16.5. The Bertz CT molecular complexity index is 675. The maximum atomic E-state index is 12.4. The van der Waals surface area contributed by atoms with E-state index < -0.39 is 0 Å². The molecule has 0 radical (unpaired) electrons. The van der Waals surface area contributed by atoms with Gasteiger partial charge in [-0.1, -0.05) is 25.5 Å². The highest BCUT2D eigenvalue weighted by atomic mass is 16.5. The molecule has 26 heavy (non-hydrogen) atoms. The van der Waals surface area contributed by atoms with Crippen LogP contribution >= 0.6 is 0 Å². The number of nitrogens with zero attached hydrogens (tertiary/aromatic N) is 1. The fraction of sp³-hybridized carbons (Fsp3) is 0.773. The lowest BCUT2D eigenvalue weighted by atomic mass is 9.46. The number of ether oxygens (including phenoxy) is 1. The first-order valence-corrected chi connectivity index (χ1v) is 9.97. The summed E-state index contributed by atoms with van der Waals surface area (Å²) in [5, 5.41) is 9.41. The molecule has 6 atom stereocenters. The molecular weight excluding hydrogens is 326 g/mol. The van der Waals surface area contributed by atoms with E-state index in [4.69, 9.17) is 4.74 Å². The molecule has 4 nitrogen and oxygen atoms in total. The van der Waals surface area contributed by atoms with Crippen LogP contribution < -0.4 is 0 Å². The third kappa shape index (κ3) is 3.00. The van der Waals surface area contributed by atoms with Gasteiger partial charge < -0.3 is 4.74 Å². The van der Waals surface area contributed by atoms with Gasteiger partial charge >= 0.3 is 5.97 Å². The number of carbonyl (C=O) groups excluding carboxylic acids is 2. The summed E-state index contributed by atoms with van der Waals surface area (Å²) in [5.41, 5.74) is 1.18. The molecule has 3 rings (SSSR count). The van der Waals surface area contributed by atoms with Crippen molar-refractivity contribution in [1.82, 2.24) is 0 Å². The lowest BCUT2D eigenvalue weighted by molar-refractivity contribution is -0.149. The van der Waals surface area contributed by atoms with Gasteiger partial charge in [0.15, 0.2) is 0 Å². The Morgan fingerprint density at radius 2 is 2.00 bits per heavy atom. The molecule has 0 heterocycles. The van der Waals surface area contributed by atoms with Crippen molar-refractivity contribution in [2.75, 3.05) is 0 Å². The van der Waals surface area contributed by atoms with Gasteiger partial charge in [0.1, 0.15) is 11.9 Å². The maximum absolute atomic E-state index is 12.4. The Morgan fingerprint density at radius 1 is 1.27 bits per heavy atom. The van der Waals surface area contributed by atoms with Crippen LogP contribution in [0.4, 0.5) is 0 Å². The molecule has 0 amide bonds. The minimum atomic E-state index is -0.368. The minimum Gasteiger partial charge on any atom is -0.462 e. The fourth-order valence-electron chi connectivity index (χ4n) is 6.19. The van der Waals surface area contributed by atoms with Crippen LogP contribution in [0.3, 0.4) is 0 Å². The molecule has 2 saturated carbocycles. The highest BCUT2D eigenvalue weighted by Gasteiger charge is 2.56. The average molecular weight is 357 g/mol. The minimum absolute atomic E-state index is 0.00403. The first-order valence-electron chi connectivity index (χ1n) is 9.97. The topological polar surface area (TPSA) is 67.2 Å². The number of esters is 1. The summed E-state index contributed by atoms with van der Waals surface area (Å²) in [4.78, 5) is 23.7. The number of Topliss-reactive ketones (excluding diaryl/α,β-unsaturated/α-hetero) is 1. The molecular formula is C22H31NO3. The van der Waals surface area contributed by atoms with Crippen LogP contribution in [-0.4, -0.2) is 17.9 Å². The number of rotatable bonds is 3. The summed E-state index contributed by atoms with van der Waals surface area (Å²) in [6.45, 7) is 7.61. The highest BCUT2D eigenvalue weighted by molar-refractivity contribution is 5.82. The van der Waals surface area contributed by atoms with E-state index in [0.29, 0.717) is 18.3 Å². The number of hydrogen-bond acceptors (Lipinski definition) is 4. The van der Waals surface area contributed by atoms with Crippen molar-refractivity contribution >= 4 is 11.8 Å². The van der Waals surface area contributed by atoms with Crippen LogP contribution in [0.25, 0.3) is 0 Å². The van der Waals surface area contributed by atoms with Crippen molar-refractivity contribution in [2.24, 2.45) is 28.6 Å². The van der Waals surface area contributed by atoms with Crippen molar-refractivity contribution in [3.8, 4) is 6.07 Å². The summed E-state index contributed by atoms with van der Waals surface area (Å²) in [5.74, 6) is 1.10. The third-order valence-electron chi connectivity index (χ3n) is 7.90. The summed E-state index contributed by atoms with van der Waals surface area (Å²) in [6.07, 6.45) is 8.45. The van der Waals surface area contributed by atoms with Crippen LogP contribution in [0.15, 0.2) is 11.6 Å². The van der Waals surface area contributed by atoms with Gasteiger partial charge in [0.2, 0.25) is 0 Å². The second-order valence-electron chi connectivity index (χ2n) is 9.11. The van der Waals surface area contributed by atoms with Crippen LogP contribution in [0.5, 0.6) is 0 Å². The largest absolute Gasteiger partial charge is 0.462 e. The monoisotopic (exact) mass is 357 g/mol. The highest BCUT2D eigenvalue weighted by Crippen LogP contribution is 2.62. The van der Waals surface area contributed by atoms with Gasteiger partial charge in [-0.25, -0.2) is 0 Å². The second kappa shape index (κ2) is 6.83. The quantitative estimate of drug-likeness (QED) is 0.547. The van der Waals surface area contributed by atoms with E-state index in [2.05, 4.69) is 26.0 Å². The number of fused-ring (bicyclic) bond motifs is 3. The molecule has 4 heteroatoms. The molecule has 142 valence electrons. The maximum Gasteiger partial charge on any atom is 0.302 e. The molecule has 3 aliphatic rings. The first kappa shape index (κ1) is 19.1. The molecule has 0 bridgehead atoms. The third-order valence-corrected chi connectivity index (χ3v) is 7.90. The Kier molecular flexibility index (Phi) is 5.03. The van der Waals surface area contributed by atoms with E-state index in [1.54, 1.807) is 6.92 Å².